The molecule has 1 aromatic rings. The third-order valence-corrected chi connectivity index (χ3v) is 5.15. The van der Waals surface area contributed by atoms with Crippen LogP contribution in [0.5, 0.6) is 0 Å². The van der Waals surface area contributed by atoms with Gasteiger partial charge in [0.05, 0.1) is 11.4 Å². The van der Waals surface area contributed by atoms with Crippen LogP contribution in [0, 0.1) is 13.8 Å². The second-order valence-corrected chi connectivity index (χ2v) is 6.74. The molecule has 1 saturated heterocycles. The number of aryl methyl sites for hydroxylation is 1. The minimum Gasteiger partial charge on any atom is -0.342 e. The lowest BCUT2D eigenvalue weighted by Crippen LogP contribution is -2.36. The minimum atomic E-state index is 0.264. The molecule has 0 unspecified atom stereocenters. The van der Waals surface area contributed by atoms with Crippen molar-refractivity contribution in [3.8, 4) is 0 Å². The number of likely N-dealkylation sites (tertiary alicyclic amines) is 1. The van der Waals surface area contributed by atoms with Crippen LogP contribution in [0.3, 0.4) is 0 Å². The summed E-state index contributed by atoms with van der Waals surface area (Å²) >= 11 is 1.59. The molecule has 1 aromatic heterocycles. The second-order valence-electron chi connectivity index (χ2n) is 5.80. The van der Waals surface area contributed by atoms with Crippen LogP contribution >= 0.6 is 11.8 Å². The van der Waals surface area contributed by atoms with Crippen molar-refractivity contribution in [3.05, 3.63) is 11.4 Å². The molecule has 21 heavy (non-hydrogen) atoms. The predicted octanol–water partition coefficient (Wildman–Crippen LogP) is 3.40. The van der Waals surface area contributed by atoms with E-state index in [0.717, 1.165) is 49.7 Å². The number of rotatable bonds is 6. The molecule has 0 radical (unpaired) electrons. The molecule has 2 heterocycles. The Balaban J connectivity index is 1.95. The van der Waals surface area contributed by atoms with Crippen LogP contribution in [0.4, 0.5) is 0 Å². The molecular formula is C16H27N3OS. The van der Waals surface area contributed by atoms with Crippen molar-refractivity contribution in [2.45, 2.75) is 64.6 Å². The lowest BCUT2D eigenvalue weighted by Gasteiger charge is -2.26. The fraction of sp³-hybridized carbons (Fsp3) is 0.750. The van der Waals surface area contributed by atoms with Gasteiger partial charge in [-0.05, 0) is 39.5 Å². The fourth-order valence-electron chi connectivity index (χ4n) is 2.67. The van der Waals surface area contributed by atoms with Crippen LogP contribution in [0.1, 0.15) is 50.4 Å². The first kappa shape index (κ1) is 16.4. The molecule has 0 spiro atoms. The number of aromatic nitrogens is 2. The summed E-state index contributed by atoms with van der Waals surface area (Å²) in [5.41, 5.74) is 2.32. The molecule has 0 aromatic carbocycles. The van der Waals surface area contributed by atoms with Crippen molar-refractivity contribution in [1.29, 1.82) is 0 Å². The highest BCUT2D eigenvalue weighted by molar-refractivity contribution is 7.99. The van der Waals surface area contributed by atoms with E-state index in [-0.39, 0.29) is 5.91 Å². The smallest absolute Gasteiger partial charge is 0.233 e. The molecule has 1 aliphatic heterocycles. The number of nitrogens with zero attached hydrogens (tertiary/aromatic N) is 3. The molecule has 1 amide bonds. The highest BCUT2D eigenvalue weighted by Crippen LogP contribution is 2.22. The molecule has 118 valence electrons. The standard InChI is InChI=1S/C16H27N3OS/c1-4-5-11-19-14(3)13(2)17-16(19)21-12-15(20)18-9-7-6-8-10-18/h4-12H2,1-3H3. The highest BCUT2D eigenvalue weighted by atomic mass is 32.2. The third kappa shape index (κ3) is 4.25. The monoisotopic (exact) mass is 309 g/mol. The number of thioether (sulfide) groups is 1. The van der Waals surface area contributed by atoms with Gasteiger partial charge >= 0.3 is 0 Å². The minimum absolute atomic E-state index is 0.264. The molecular weight excluding hydrogens is 282 g/mol. The summed E-state index contributed by atoms with van der Waals surface area (Å²) in [7, 11) is 0. The Morgan fingerprint density at radius 3 is 2.62 bits per heavy atom. The Bertz CT molecular complexity index is 478. The molecule has 0 atom stereocenters. The molecule has 0 saturated carbocycles. The summed E-state index contributed by atoms with van der Waals surface area (Å²) in [6.45, 7) is 9.24. The summed E-state index contributed by atoms with van der Waals surface area (Å²) in [6, 6.07) is 0. The van der Waals surface area contributed by atoms with Gasteiger partial charge < -0.3 is 9.47 Å². The van der Waals surface area contributed by atoms with E-state index in [1.165, 1.54) is 18.5 Å². The van der Waals surface area contributed by atoms with Gasteiger partial charge in [0.1, 0.15) is 0 Å². The number of hydrogen-bond donors (Lipinski definition) is 0. The van der Waals surface area contributed by atoms with Crippen LogP contribution < -0.4 is 0 Å². The largest absolute Gasteiger partial charge is 0.342 e. The molecule has 1 fully saturated rings. The van der Waals surface area contributed by atoms with E-state index in [1.54, 1.807) is 11.8 Å². The average Bonchev–Trinajstić information content (AvgIpc) is 2.78. The van der Waals surface area contributed by atoms with E-state index in [2.05, 4.69) is 23.4 Å². The number of carbonyl (C=O) groups is 1. The molecule has 0 N–H and O–H groups in total. The zero-order valence-corrected chi connectivity index (χ0v) is 14.3. The first-order chi connectivity index (χ1) is 10.1. The molecule has 1 aliphatic rings. The Labute approximate surface area is 132 Å². The fourth-order valence-corrected chi connectivity index (χ4v) is 3.69. The van der Waals surface area contributed by atoms with Gasteiger partial charge in [0.2, 0.25) is 5.91 Å². The number of piperidine rings is 1. The normalized spacial score (nSPS) is 15.5. The van der Waals surface area contributed by atoms with Gasteiger partial charge in [0.25, 0.3) is 0 Å². The maximum absolute atomic E-state index is 12.3. The average molecular weight is 309 g/mol. The second kappa shape index (κ2) is 7.87. The van der Waals surface area contributed by atoms with Gasteiger partial charge in [0, 0.05) is 25.3 Å². The first-order valence-electron chi connectivity index (χ1n) is 8.07. The summed E-state index contributed by atoms with van der Waals surface area (Å²) < 4.78 is 2.27. The van der Waals surface area contributed by atoms with Crippen LogP contribution in [0.15, 0.2) is 5.16 Å². The number of imidazole rings is 1. The van der Waals surface area contributed by atoms with Gasteiger partial charge in [-0.25, -0.2) is 4.98 Å². The van der Waals surface area contributed by atoms with Crippen molar-refractivity contribution >= 4 is 17.7 Å². The van der Waals surface area contributed by atoms with Crippen LogP contribution in [0.2, 0.25) is 0 Å². The number of carbonyl (C=O) groups excluding carboxylic acids is 1. The van der Waals surface area contributed by atoms with Gasteiger partial charge in [0.15, 0.2) is 5.16 Å². The van der Waals surface area contributed by atoms with Gasteiger partial charge in [-0.1, -0.05) is 25.1 Å². The zero-order chi connectivity index (χ0) is 15.2. The highest BCUT2D eigenvalue weighted by Gasteiger charge is 2.18. The Kier molecular flexibility index (Phi) is 6.15. The van der Waals surface area contributed by atoms with Crippen molar-refractivity contribution in [2.24, 2.45) is 0 Å². The molecule has 4 nitrogen and oxygen atoms in total. The van der Waals surface area contributed by atoms with E-state index >= 15 is 0 Å². The van der Waals surface area contributed by atoms with Crippen LogP contribution in [-0.2, 0) is 11.3 Å². The third-order valence-electron chi connectivity index (χ3n) is 4.19. The van der Waals surface area contributed by atoms with Crippen molar-refractivity contribution in [2.75, 3.05) is 18.8 Å². The lowest BCUT2D eigenvalue weighted by molar-refractivity contribution is -0.129. The van der Waals surface area contributed by atoms with Crippen molar-refractivity contribution < 1.29 is 4.79 Å². The Morgan fingerprint density at radius 1 is 1.24 bits per heavy atom. The van der Waals surface area contributed by atoms with E-state index in [4.69, 9.17) is 0 Å². The summed E-state index contributed by atoms with van der Waals surface area (Å²) in [6.07, 6.45) is 5.90. The van der Waals surface area contributed by atoms with E-state index in [0.29, 0.717) is 5.75 Å². The quantitative estimate of drug-likeness (QED) is 0.756. The maximum Gasteiger partial charge on any atom is 0.233 e. The summed E-state index contributed by atoms with van der Waals surface area (Å²) in [4.78, 5) is 18.9. The Morgan fingerprint density at radius 2 is 1.95 bits per heavy atom. The Hall–Kier alpha value is -0.970. The summed E-state index contributed by atoms with van der Waals surface area (Å²) in [5, 5.41) is 1.00. The van der Waals surface area contributed by atoms with Crippen molar-refractivity contribution in [3.63, 3.8) is 0 Å². The van der Waals surface area contributed by atoms with E-state index in [9.17, 15) is 4.79 Å². The lowest BCUT2D eigenvalue weighted by atomic mass is 10.1. The number of hydrogen-bond acceptors (Lipinski definition) is 3. The van der Waals surface area contributed by atoms with E-state index < -0.39 is 0 Å². The van der Waals surface area contributed by atoms with Gasteiger partial charge in [-0.15, -0.1) is 0 Å². The van der Waals surface area contributed by atoms with Crippen LogP contribution in [0.25, 0.3) is 0 Å². The first-order valence-corrected chi connectivity index (χ1v) is 9.06. The maximum atomic E-state index is 12.3. The number of unbranched alkanes of at least 4 members (excludes halogenated alkanes) is 1. The van der Waals surface area contributed by atoms with Gasteiger partial charge in [-0.2, -0.15) is 0 Å². The zero-order valence-electron chi connectivity index (χ0n) is 13.5. The van der Waals surface area contributed by atoms with Crippen molar-refractivity contribution in [1.82, 2.24) is 14.5 Å². The molecule has 0 aliphatic carbocycles. The SMILES string of the molecule is CCCCn1c(SCC(=O)N2CCCCC2)nc(C)c1C. The van der Waals surface area contributed by atoms with E-state index in [1.807, 2.05) is 11.8 Å². The topological polar surface area (TPSA) is 38.1 Å². The molecule has 0 bridgehead atoms. The van der Waals surface area contributed by atoms with Crippen LogP contribution in [-0.4, -0.2) is 39.2 Å². The number of amides is 1. The molecule has 5 heteroatoms. The molecule has 2 rings (SSSR count). The van der Waals surface area contributed by atoms with Gasteiger partial charge in [-0.3, -0.25) is 4.79 Å². The predicted molar refractivity (Wildman–Crippen MR) is 87.8 cm³/mol. The summed E-state index contributed by atoms with van der Waals surface area (Å²) in [5.74, 6) is 0.780.